The number of esters is 1. The van der Waals surface area contributed by atoms with Gasteiger partial charge in [0.25, 0.3) is 0 Å². The van der Waals surface area contributed by atoms with Crippen LogP contribution in [0.1, 0.15) is 18.1 Å². The van der Waals surface area contributed by atoms with Crippen LogP contribution >= 0.6 is 11.6 Å². The molecule has 0 saturated heterocycles. The van der Waals surface area contributed by atoms with E-state index in [1.165, 1.54) is 5.56 Å². The van der Waals surface area contributed by atoms with Crippen LogP contribution in [0.15, 0.2) is 48.5 Å². The topological polar surface area (TPSA) is 35.5 Å². The number of hydrogen-bond acceptors (Lipinski definition) is 3. The Morgan fingerprint density at radius 2 is 1.71 bits per heavy atom. The Kier molecular flexibility index (Phi) is 5.23. The second-order valence-corrected chi connectivity index (χ2v) is 5.24. The van der Waals surface area contributed by atoms with E-state index in [0.29, 0.717) is 10.8 Å². The Labute approximate surface area is 129 Å². The van der Waals surface area contributed by atoms with Gasteiger partial charge in [0.05, 0.1) is 0 Å². The van der Waals surface area contributed by atoms with Gasteiger partial charge in [-0.2, -0.15) is 0 Å². The van der Waals surface area contributed by atoms with Crippen molar-refractivity contribution in [3.63, 3.8) is 0 Å². The maximum atomic E-state index is 11.9. The number of ether oxygens (including phenoxy) is 2. The van der Waals surface area contributed by atoms with Crippen LogP contribution in [0.3, 0.4) is 0 Å². The fourth-order valence-electron chi connectivity index (χ4n) is 1.72. The summed E-state index contributed by atoms with van der Waals surface area (Å²) in [6.45, 7) is 3.91. The number of carbonyl (C=O) groups is 1. The summed E-state index contributed by atoms with van der Waals surface area (Å²) in [5.74, 6) is 0.185. The van der Waals surface area contributed by atoms with Crippen molar-refractivity contribution in [2.24, 2.45) is 0 Å². The lowest BCUT2D eigenvalue weighted by molar-refractivity contribution is -0.152. The largest absolute Gasteiger partial charge is 0.479 e. The van der Waals surface area contributed by atoms with Crippen LogP contribution in [0.2, 0.25) is 5.02 Å². The Bertz CT molecular complexity index is 590. The fraction of sp³-hybridized carbons (Fsp3) is 0.235. The number of halogens is 1. The monoisotopic (exact) mass is 304 g/mol. The maximum Gasteiger partial charge on any atom is 0.347 e. The molecule has 0 radical (unpaired) electrons. The van der Waals surface area contributed by atoms with Crippen molar-refractivity contribution in [3.8, 4) is 5.75 Å². The summed E-state index contributed by atoms with van der Waals surface area (Å²) in [6, 6.07) is 14.7. The Balaban J connectivity index is 1.84. The molecule has 0 bridgehead atoms. The maximum absolute atomic E-state index is 11.9. The molecule has 0 saturated carbocycles. The predicted molar refractivity (Wildman–Crippen MR) is 82.5 cm³/mol. The van der Waals surface area contributed by atoms with Crippen molar-refractivity contribution in [2.45, 2.75) is 26.6 Å². The Morgan fingerprint density at radius 3 is 2.33 bits per heavy atom. The van der Waals surface area contributed by atoms with Gasteiger partial charge in [0.1, 0.15) is 12.4 Å². The highest BCUT2D eigenvalue weighted by Gasteiger charge is 2.16. The average Bonchev–Trinajstić information content (AvgIpc) is 2.48. The van der Waals surface area contributed by atoms with Crippen molar-refractivity contribution in [1.82, 2.24) is 0 Å². The van der Waals surface area contributed by atoms with E-state index >= 15 is 0 Å². The zero-order valence-electron chi connectivity index (χ0n) is 12.0. The molecule has 0 unspecified atom stereocenters. The molecule has 0 spiro atoms. The van der Waals surface area contributed by atoms with Gasteiger partial charge < -0.3 is 9.47 Å². The zero-order valence-corrected chi connectivity index (χ0v) is 12.8. The minimum Gasteiger partial charge on any atom is -0.479 e. The standard InChI is InChI=1S/C17H17ClO3/c1-12-3-5-14(6-4-12)11-20-17(19)13(2)21-16-9-7-15(18)8-10-16/h3-10,13H,11H2,1-2H3/t13-/m0/s1. The second kappa shape index (κ2) is 7.14. The first kappa shape index (κ1) is 15.4. The summed E-state index contributed by atoms with van der Waals surface area (Å²) in [5, 5.41) is 0.622. The van der Waals surface area contributed by atoms with Crippen molar-refractivity contribution in [3.05, 3.63) is 64.7 Å². The third kappa shape index (κ3) is 4.80. The normalized spacial score (nSPS) is 11.8. The first-order valence-corrected chi connectivity index (χ1v) is 7.07. The van der Waals surface area contributed by atoms with Crippen molar-refractivity contribution >= 4 is 17.6 Å². The smallest absolute Gasteiger partial charge is 0.347 e. The molecule has 0 aromatic heterocycles. The minimum absolute atomic E-state index is 0.243. The van der Waals surface area contributed by atoms with Gasteiger partial charge in [0.15, 0.2) is 6.10 Å². The molecule has 0 aliphatic carbocycles. The molecule has 2 rings (SSSR count). The van der Waals surface area contributed by atoms with E-state index in [0.717, 1.165) is 5.56 Å². The van der Waals surface area contributed by atoms with Gasteiger partial charge >= 0.3 is 5.97 Å². The average molecular weight is 305 g/mol. The highest BCUT2D eigenvalue weighted by atomic mass is 35.5. The molecule has 0 N–H and O–H groups in total. The van der Waals surface area contributed by atoms with E-state index in [2.05, 4.69) is 0 Å². The molecule has 3 nitrogen and oxygen atoms in total. The Morgan fingerprint density at radius 1 is 1.10 bits per heavy atom. The summed E-state index contributed by atoms with van der Waals surface area (Å²) in [4.78, 5) is 11.9. The first-order chi connectivity index (χ1) is 10.0. The predicted octanol–water partition coefficient (Wildman–Crippen LogP) is 4.16. The van der Waals surface area contributed by atoms with E-state index < -0.39 is 12.1 Å². The van der Waals surface area contributed by atoms with E-state index in [9.17, 15) is 4.79 Å². The minimum atomic E-state index is -0.670. The quantitative estimate of drug-likeness (QED) is 0.778. The fourth-order valence-corrected chi connectivity index (χ4v) is 1.85. The number of carbonyl (C=O) groups excluding carboxylic acids is 1. The molecule has 0 aliphatic heterocycles. The first-order valence-electron chi connectivity index (χ1n) is 6.69. The van der Waals surface area contributed by atoms with Crippen LogP contribution in [0.4, 0.5) is 0 Å². The number of benzene rings is 2. The molecule has 21 heavy (non-hydrogen) atoms. The molecule has 4 heteroatoms. The highest BCUT2D eigenvalue weighted by molar-refractivity contribution is 6.30. The van der Waals surface area contributed by atoms with Crippen molar-refractivity contribution < 1.29 is 14.3 Å². The van der Waals surface area contributed by atoms with Gasteiger partial charge in [-0.05, 0) is 43.7 Å². The molecule has 2 aromatic carbocycles. The summed E-state index contributed by atoms with van der Waals surface area (Å²) in [7, 11) is 0. The van der Waals surface area contributed by atoms with Gasteiger partial charge in [0.2, 0.25) is 0 Å². The number of aryl methyl sites for hydroxylation is 1. The zero-order chi connectivity index (χ0) is 15.2. The summed E-state index contributed by atoms with van der Waals surface area (Å²) >= 11 is 5.79. The van der Waals surface area contributed by atoms with Crippen LogP contribution in [-0.2, 0) is 16.1 Å². The third-order valence-electron chi connectivity index (χ3n) is 2.96. The number of rotatable bonds is 5. The van der Waals surface area contributed by atoms with E-state index in [4.69, 9.17) is 21.1 Å². The van der Waals surface area contributed by atoms with Gasteiger partial charge in [0, 0.05) is 5.02 Å². The van der Waals surface area contributed by atoms with Crippen LogP contribution in [0.5, 0.6) is 5.75 Å². The van der Waals surface area contributed by atoms with Gasteiger partial charge in [-0.1, -0.05) is 41.4 Å². The molecule has 0 fully saturated rings. The van der Waals surface area contributed by atoms with Crippen LogP contribution in [0.25, 0.3) is 0 Å². The molecule has 1 atom stereocenters. The van der Waals surface area contributed by atoms with Crippen LogP contribution in [-0.4, -0.2) is 12.1 Å². The molecule has 110 valence electrons. The molecular weight excluding hydrogens is 288 g/mol. The lowest BCUT2D eigenvalue weighted by atomic mass is 10.2. The van der Waals surface area contributed by atoms with Gasteiger partial charge in [-0.15, -0.1) is 0 Å². The summed E-state index contributed by atoms with van der Waals surface area (Å²) in [6.07, 6.45) is -0.670. The molecule has 2 aromatic rings. The second-order valence-electron chi connectivity index (χ2n) is 4.81. The van der Waals surface area contributed by atoms with E-state index in [-0.39, 0.29) is 6.61 Å². The third-order valence-corrected chi connectivity index (χ3v) is 3.21. The lowest BCUT2D eigenvalue weighted by Gasteiger charge is -2.14. The van der Waals surface area contributed by atoms with Crippen molar-refractivity contribution in [1.29, 1.82) is 0 Å². The molecular formula is C17H17ClO3. The van der Waals surface area contributed by atoms with Gasteiger partial charge in [-0.3, -0.25) is 0 Å². The van der Waals surface area contributed by atoms with Gasteiger partial charge in [-0.25, -0.2) is 4.79 Å². The number of hydrogen-bond donors (Lipinski definition) is 0. The molecule has 0 heterocycles. The van der Waals surface area contributed by atoms with Crippen LogP contribution < -0.4 is 4.74 Å². The summed E-state index contributed by atoms with van der Waals surface area (Å²) in [5.41, 5.74) is 2.12. The summed E-state index contributed by atoms with van der Waals surface area (Å²) < 4.78 is 10.7. The van der Waals surface area contributed by atoms with E-state index in [1.54, 1.807) is 31.2 Å². The molecule has 0 amide bonds. The highest BCUT2D eigenvalue weighted by Crippen LogP contribution is 2.17. The SMILES string of the molecule is Cc1ccc(COC(=O)[C@H](C)Oc2ccc(Cl)cc2)cc1. The van der Waals surface area contributed by atoms with Crippen LogP contribution in [0, 0.1) is 6.92 Å². The van der Waals surface area contributed by atoms with E-state index in [1.807, 2.05) is 31.2 Å². The van der Waals surface area contributed by atoms with Crippen molar-refractivity contribution in [2.75, 3.05) is 0 Å². The Hall–Kier alpha value is -2.00. The lowest BCUT2D eigenvalue weighted by Crippen LogP contribution is -2.26. The molecule has 0 aliphatic rings.